The Morgan fingerprint density at radius 1 is 1.20 bits per heavy atom. The number of piperidine rings is 1. The third-order valence-corrected chi connectivity index (χ3v) is 4.45. The van der Waals surface area contributed by atoms with Crippen LogP contribution in [0.4, 0.5) is 14.5 Å². The maximum absolute atomic E-state index is 13.6. The van der Waals surface area contributed by atoms with Gasteiger partial charge in [0, 0.05) is 31.1 Å². The average molecular weight is 346 g/mol. The molecule has 0 aliphatic carbocycles. The molecule has 0 aromatic heterocycles. The maximum Gasteiger partial charge on any atom is 0.256 e. The zero-order valence-electron chi connectivity index (χ0n) is 13.9. The second kappa shape index (κ2) is 6.70. The summed E-state index contributed by atoms with van der Waals surface area (Å²) in [4.78, 5) is 14.2. The Morgan fingerprint density at radius 3 is 2.60 bits per heavy atom. The predicted molar refractivity (Wildman–Crippen MR) is 92.0 cm³/mol. The Labute approximate surface area is 145 Å². The number of alkyl halides is 2. The molecule has 0 saturated carbocycles. The number of hydrogen-bond acceptors (Lipinski definition) is 3. The van der Waals surface area contributed by atoms with Crippen molar-refractivity contribution in [3.8, 4) is 11.5 Å². The molecule has 3 rings (SSSR count). The van der Waals surface area contributed by atoms with E-state index in [4.69, 9.17) is 10.5 Å². The Bertz CT molecular complexity index is 765. The Morgan fingerprint density at radius 2 is 1.92 bits per heavy atom. The smallest absolute Gasteiger partial charge is 0.256 e. The van der Waals surface area contributed by atoms with E-state index in [1.807, 2.05) is 18.2 Å². The summed E-state index contributed by atoms with van der Waals surface area (Å²) in [7, 11) is 0. The average Bonchev–Trinajstić information content (AvgIpc) is 2.59. The van der Waals surface area contributed by atoms with Gasteiger partial charge in [-0.3, -0.25) is 4.79 Å². The SMILES string of the molecule is CC1CN(C(=O)c2cc(Oc3ccccc3)ccc2N)CCC1(F)F. The molecule has 2 N–H and O–H groups in total. The molecule has 0 bridgehead atoms. The highest BCUT2D eigenvalue weighted by molar-refractivity contribution is 5.99. The number of likely N-dealkylation sites (tertiary alicyclic amines) is 1. The first-order valence-electron chi connectivity index (χ1n) is 8.16. The minimum atomic E-state index is -2.74. The van der Waals surface area contributed by atoms with Crippen LogP contribution in [0.1, 0.15) is 23.7 Å². The van der Waals surface area contributed by atoms with E-state index in [1.165, 1.54) is 11.8 Å². The first-order chi connectivity index (χ1) is 11.9. The second-order valence-electron chi connectivity index (χ2n) is 6.33. The molecule has 1 saturated heterocycles. The highest BCUT2D eigenvalue weighted by Gasteiger charge is 2.42. The molecule has 1 unspecified atom stereocenters. The van der Waals surface area contributed by atoms with Crippen LogP contribution in [0.3, 0.4) is 0 Å². The molecule has 2 aromatic rings. The van der Waals surface area contributed by atoms with Crippen LogP contribution < -0.4 is 10.5 Å². The number of nitrogen functional groups attached to an aromatic ring is 1. The number of para-hydroxylation sites is 1. The number of anilines is 1. The van der Waals surface area contributed by atoms with E-state index in [1.54, 1.807) is 30.3 Å². The molecule has 1 aliphatic heterocycles. The van der Waals surface area contributed by atoms with E-state index >= 15 is 0 Å². The molecule has 1 heterocycles. The van der Waals surface area contributed by atoms with Crippen molar-refractivity contribution >= 4 is 11.6 Å². The number of benzene rings is 2. The van der Waals surface area contributed by atoms with Crippen LogP contribution in [-0.4, -0.2) is 29.8 Å². The van der Waals surface area contributed by atoms with E-state index in [2.05, 4.69) is 0 Å². The van der Waals surface area contributed by atoms with Gasteiger partial charge in [-0.05, 0) is 30.3 Å². The van der Waals surface area contributed by atoms with Crippen molar-refractivity contribution in [3.05, 3.63) is 54.1 Å². The van der Waals surface area contributed by atoms with Crippen molar-refractivity contribution in [2.24, 2.45) is 5.92 Å². The second-order valence-corrected chi connectivity index (χ2v) is 6.33. The lowest BCUT2D eigenvalue weighted by molar-refractivity contribution is -0.0921. The molecular formula is C19H20F2N2O2. The number of nitrogens with two attached hydrogens (primary N) is 1. The molecule has 4 nitrogen and oxygen atoms in total. The zero-order valence-corrected chi connectivity index (χ0v) is 13.9. The minimum absolute atomic E-state index is 0.00897. The van der Waals surface area contributed by atoms with E-state index in [-0.39, 0.29) is 31.0 Å². The number of nitrogens with zero attached hydrogens (tertiary/aromatic N) is 1. The molecule has 132 valence electrons. The Kier molecular flexibility index (Phi) is 4.61. The first-order valence-corrected chi connectivity index (χ1v) is 8.16. The van der Waals surface area contributed by atoms with Gasteiger partial charge in [-0.15, -0.1) is 0 Å². The third kappa shape index (κ3) is 3.73. The van der Waals surface area contributed by atoms with Gasteiger partial charge in [-0.1, -0.05) is 25.1 Å². The largest absolute Gasteiger partial charge is 0.457 e. The van der Waals surface area contributed by atoms with Gasteiger partial charge >= 0.3 is 0 Å². The van der Waals surface area contributed by atoms with Crippen molar-refractivity contribution in [1.82, 2.24) is 4.90 Å². The third-order valence-electron chi connectivity index (χ3n) is 4.45. The van der Waals surface area contributed by atoms with Crippen LogP contribution in [0.25, 0.3) is 0 Å². The van der Waals surface area contributed by atoms with Gasteiger partial charge in [0.15, 0.2) is 0 Å². The molecule has 2 aromatic carbocycles. The molecule has 1 amide bonds. The normalized spacial score (nSPS) is 19.5. The molecule has 1 aliphatic rings. The van der Waals surface area contributed by atoms with Crippen molar-refractivity contribution in [2.75, 3.05) is 18.8 Å². The summed E-state index contributed by atoms with van der Waals surface area (Å²) in [5.41, 5.74) is 6.50. The molecule has 6 heteroatoms. The van der Waals surface area contributed by atoms with Crippen molar-refractivity contribution in [3.63, 3.8) is 0 Å². The quantitative estimate of drug-likeness (QED) is 0.848. The number of halogens is 2. The molecule has 0 radical (unpaired) electrons. The van der Waals surface area contributed by atoms with Gasteiger partial charge in [0.1, 0.15) is 11.5 Å². The molecule has 1 atom stereocenters. The number of carbonyl (C=O) groups is 1. The van der Waals surface area contributed by atoms with Crippen LogP contribution in [-0.2, 0) is 0 Å². The summed E-state index contributed by atoms with van der Waals surface area (Å²) in [6.45, 7) is 1.48. The van der Waals surface area contributed by atoms with Gasteiger partial charge in [0.25, 0.3) is 11.8 Å². The first kappa shape index (κ1) is 17.2. The van der Waals surface area contributed by atoms with Gasteiger partial charge in [-0.2, -0.15) is 0 Å². The number of carbonyl (C=O) groups excluding carboxylic acids is 1. The lowest BCUT2D eigenvalue weighted by Crippen LogP contribution is -2.48. The van der Waals surface area contributed by atoms with Gasteiger partial charge in [0.05, 0.1) is 5.56 Å². The Balaban J connectivity index is 1.79. The molecular weight excluding hydrogens is 326 g/mol. The number of hydrogen-bond donors (Lipinski definition) is 1. The summed E-state index contributed by atoms with van der Waals surface area (Å²) in [5, 5.41) is 0. The Hall–Kier alpha value is -2.63. The highest BCUT2D eigenvalue weighted by Crippen LogP contribution is 2.34. The van der Waals surface area contributed by atoms with E-state index < -0.39 is 11.8 Å². The molecule has 25 heavy (non-hydrogen) atoms. The van der Waals surface area contributed by atoms with Crippen molar-refractivity contribution < 1.29 is 18.3 Å². The molecule has 0 spiro atoms. The summed E-state index contributed by atoms with van der Waals surface area (Å²) in [6, 6.07) is 14.0. The van der Waals surface area contributed by atoms with Crippen LogP contribution in [0.15, 0.2) is 48.5 Å². The van der Waals surface area contributed by atoms with E-state index in [0.717, 1.165) is 0 Å². The fourth-order valence-electron chi connectivity index (χ4n) is 2.85. The standard InChI is InChI=1S/C19H20F2N2O2/c1-13-12-23(10-9-19(13,20)21)18(24)16-11-15(7-8-17(16)22)25-14-5-3-2-4-6-14/h2-8,11,13H,9-10,12,22H2,1H3. The topological polar surface area (TPSA) is 55.6 Å². The van der Waals surface area contributed by atoms with Crippen LogP contribution in [0, 0.1) is 5.92 Å². The lowest BCUT2D eigenvalue weighted by Gasteiger charge is -2.36. The number of amides is 1. The zero-order chi connectivity index (χ0) is 18.0. The van der Waals surface area contributed by atoms with Crippen molar-refractivity contribution in [2.45, 2.75) is 19.3 Å². The highest BCUT2D eigenvalue weighted by atomic mass is 19.3. The fraction of sp³-hybridized carbons (Fsp3) is 0.316. The van der Waals surface area contributed by atoms with E-state index in [0.29, 0.717) is 17.2 Å². The summed E-state index contributed by atoms with van der Waals surface area (Å²) in [5.74, 6) is -2.86. The van der Waals surface area contributed by atoms with Crippen molar-refractivity contribution in [1.29, 1.82) is 0 Å². The fourth-order valence-corrected chi connectivity index (χ4v) is 2.85. The number of rotatable bonds is 3. The van der Waals surface area contributed by atoms with E-state index in [9.17, 15) is 13.6 Å². The molecule has 1 fully saturated rings. The predicted octanol–water partition coefficient (Wildman–Crippen LogP) is 4.18. The summed E-state index contributed by atoms with van der Waals surface area (Å²) < 4.78 is 33.0. The van der Waals surface area contributed by atoms with Crippen LogP contribution >= 0.6 is 0 Å². The summed E-state index contributed by atoms with van der Waals surface area (Å²) >= 11 is 0. The maximum atomic E-state index is 13.6. The summed E-state index contributed by atoms with van der Waals surface area (Å²) in [6.07, 6.45) is -0.333. The van der Waals surface area contributed by atoms with Crippen LogP contribution in [0.2, 0.25) is 0 Å². The minimum Gasteiger partial charge on any atom is -0.457 e. The lowest BCUT2D eigenvalue weighted by atomic mass is 9.95. The monoisotopic (exact) mass is 346 g/mol. The van der Waals surface area contributed by atoms with Gasteiger partial charge < -0.3 is 15.4 Å². The van der Waals surface area contributed by atoms with Crippen LogP contribution in [0.5, 0.6) is 11.5 Å². The van der Waals surface area contributed by atoms with Gasteiger partial charge in [-0.25, -0.2) is 8.78 Å². The number of ether oxygens (including phenoxy) is 1. The van der Waals surface area contributed by atoms with Gasteiger partial charge in [0.2, 0.25) is 0 Å².